The Bertz CT molecular complexity index is 611. The van der Waals surface area contributed by atoms with Crippen LogP contribution < -0.4 is 16.2 Å². The summed E-state index contributed by atoms with van der Waals surface area (Å²) < 4.78 is 5.84. The molecule has 0 saturated carbocycles. The molecule has 0 unspecified atom stereocenters. The van der Waals surface area contributed by atoms with E-state index in [1.54, 1.807) is 24.3 Å². The third-order valence-electron chi connectivity index (χ3n) is 3.13. The lowest BCUT2D eigenvalue weighted by Crippen LogP contribution is -2.13. The molecular weight excluding hydrogens is 252 g/mol. The van der Waals surface area contributed by atoms with Crippen molar-refractivity contribution in [2.75, 3.05) is 0 Å². The lowest BCUT2D eigenvalue weighted by atomic mass is 10.0. The zero-order valence-corrected chi connectivity index (χ0v) is 11.4. The number of rotatable bonds is 5. The highest BCUT2D eigenvalue weighted by atomic mass is 16.5. The number of para-hydroxylation sites is 2. The first-order chi connectivity index (χ1) is 9.63. The second-order valence-corrected chi connectivity index (χ2v) is 4.52. The summed E-state index contributed by atoms with van der Waals surface area (Å²) in [6, 6.07) is 14.3. The van der Waals surface area contributed by atoms with Crippen molar-refractivity contribution in [2.24, 2.45) is 11.5 Å². The first-order valence-corrected chi connectivity index (χ1v) is 6.54. The molecule has 0 aliphatic rings. The van der Waals surface area contributed by atoms with Crippen LogP contribution in [0.3, 0.4) is 0 Å². The average molecular weight is 270 g/mol. The highest BCUT2D eigenvalue weighted by molar-refractivity contribution is 5.95. The second-order valence-electron chi connectivity index (χ2n) is 4.52. The molecule has 4 N–H and O–H groups in total. The predicted octanol–water partition coefficient (Wildman–Crippen LogP) is 2.99. The van der Waals surface area contributed by atoms with Gasteiger partial charge in [0.2, 0.25) is 0 Å². The zero-order chi connectivity index (χ0) is 14.5. The van der Waals surface area contributed by atoms with Crippen molar-refractivity contribution in [2.45, 2.75) is 19.4 Å². The van der Waals surface area contributed by atoms with E-state index >= 15 is 0 Å². The normalized spacial score (nSPS) is 11.9. The van der Waals surface area contributed by atoms with Crippen molar-refractivity contribution in [3.8, 4) is 11.5 Å². The van der Waals surface area contributed by atoms with Crippen LogP contribution in [0.2, 0.25) is 0 Å². The molecule has 20 heavy (non-hydrogen) atoms. The molecule has 0 aliphatic carbocycles. The standard InChI is InChI=1S/C16H18N2O2/c1-2-13(17)11-7-3-5-9-14(11)20-15-10-6-4-8-12(15)16(18)19/h3-10,13H,2,17H2,1H3,(H2,18,19)/t13-/m0/s1. The molecule has 104 valence electrons. The Labute approximate surface area is 118 Å². The fourth-order valence-electron chi connectivity index (χ4n) is 1.98. The number of nitrogens with two attached hydrogens (primary N) is 2. The van der Waals surface area contributed by atoms with Gasteiger partial charge in [-0.25, -0.2) is 0 Å². The quantitative estimate of drug-likeness (QED) is 0.876. The smallest absolute Gasteiger partial charge is 0.252 e. The van der Waals surface area contributed by atoms with Gasteiger partial charge in [0.05, 0.1) is 5.56 Å². The maximum absolute atomic E-state index is 11.4. The van der Waals surface area contributed by atoms with E-state index in [1.165, 1.54) is 0 Å². The van der Waals surface area contributed by atoms with Crippen LogP contribution in [0.15, 0.2) is 48.5 Å². The minimum absolute atomic E-state index is 0.105. The molecule has 0 heterocycles. The molecule has 0 spiro atoms. The predicted molar refractivity (Wildman–Crippen MR) is 78.7 cm³/mol. The van der Waals surface area contributed by atoms with Gasteiger partial charge >= 0.3 is 0 Å². The third-order valence-corrected chi connectivity index (χ3v) is 3.13. The van der Waals surface area contributed by atoms with Gasteiger partial charge in [-0.05, 0) is 24.6 Å². The van der Waals surface area contributed by atoms with Crippen LogP contribution in [0, 0.1) is 0 Å². The van der Waals surface area contributed by atoms with Crippen LogP contribution in [-0.2, 0) is 0 Å². The van der Waals surface area contributed by atoms with Gasteiger partial charge in [-0.15, -0.1) is 0 Å². The Morgan fingerprint density at radius 3 is 2.35 bits per heavy atom. The molecule has 2 aromatic rings. The molecule has 4 nitrogen and oxygen atoms in total. The minimum Gasteiger partial charge on any atom is -0.456 e. The van der Waals surface area contributed by atoms with Crippen molar-refractivity contribution in [1.82, 2.24) is 0 Å². The third kappa shape index (κ3) is 2.97. The molecule has 0 aromatic heterocycles. The van der Waals surface area contributed by atoms with E-state index < -0.39 is 5.91 Å². The van der Waals surface area contributed by atoms with E-state index in [1.807, 2.05) is 31.2 Å². The Hall–Kier alpha value is -2.33. The second kappa shape index (κ2) is 6.21. The lowest BCUT2D eigenvalue weighted by Gasteiger charge is -2.16. The fourth-order valence-corrected chi connectivity index (χ4v) is 1.98. The molecular formula is C16H18N2O2. The van der Waals surface area contributed by atoms with E-state index in [-0.39, 0.29) is 6.04 Å². The van der Waals surface area contributed by atoms with Crippen molar-refractivity contribution in [1.29, 1.82) is 0 Å². The fraction of sp³-hybridized carbons (Fsp3) is 0.188. The maximum atomic E-state index is 11.4. The summed E-state index contributed by atoms with van der Waals surface area (Å²) in [6.45, 7) is 2.01. The van der Waals surface area contributed by atoms with Crippen LogP contribution in [0.1, 0.15) is 35.3 Å². The first kappa shape index (κ1) is 14.1. The van der Waals surface area contributed by atoms with E-state index in [0.29, 0.717) is 17.1 Å². The Morgan fingerprint density at radius 1 is 1.10 bits per heavy atom. The molecule has 0 bridgehead atoms. The number of benzene rings is 2. The number of hydrogen-bond donors (Lipinski definition) is 2. The SMILES string of the molecule is CC[C@H](N)c1ccccc1Oc1ccccc1C(N)=O. The first-order valence-electron chi connectivity index (χ1n) is 6.54. The van der Waals surface area contributed by atoms with Gasteiger partial charge in [0, 0.05) is 11.6 Å². The Balaban J connectivity index is 2.38. The molecule has 2 rings (SSSR count). The molecule has 1 amide bonds. The monoisotopic (exact) mass is 270 g/mol. The molecule has 4 heteroatoms. The highest BCUT2D eigenvalue weighted by Gasteiger charge is 2.14. The Morgan fingerprint density at radius 2 is 1.70 bits per heavy atom. The van der Waals surface area contributed by atoms with E-state index in [2.05, 4.69) is 0 Å². The van der Waals surface area contributed by atoms with Crippen LogP contribution in [-0.4, -0.2) is 5.91 Å². The van der Waals surface area contributed by atoms with Crippen LogP contribution in [0.4, 0.5) is 0 Å². The van der Waals surface area contributed by atoms with E-state index in [9.17, 15) is 4.79 Å². The lowest BCUT2D eigenvalue weighted by molar-refractivity contribution is 0.0998. The molecule has 2 aromatic carbocycles. The van der Waals surface area contributed by atoms with Crippen molar-refractivity contribution in [3.05, 3.63) is 59.7 Å². The number of primary amides is 1. The summed E-state index contributed by atoms with van der Waals surface area (Å²) in [5.74, 6) is 0.573. The van der Waals surface area contributed by atoms with Gasteiger partial charge in [0.25, 0.3) is 5.91 Å². The maximum Gasteiger partial charge on any atom is 0.252 e. The van der Waals surface area contributed by atoms with Gasteiger partial charge < -0.3 is 16.2 Å². The summed E-state index contributed by atoms with van der Waals surface area (Å²) >= 11 is 0. The molecule has 0 radical (unpaired) electrons. The van der Waals surface area contributed by atoms with Crippen LogP contribution >= 0.6 is 0 Å². The topological polar surface area (TPSA) is 78.3 Å². The summed E-state index contributed by atoms with van der Waals surface area (Å²) in [6.07, 6.45) is 0.803. The molecule has 0 saturated heterocycles. The summed E-state index contributed by atoms with van der Waals surface area (Å²) in [5.41, 5.74) is 12.7. The number of carbonyl (C=O) groups is 1. The van der Waals surface area contributed by atoms with Crippen molar-refractivity contribution < 1.29 is 9.53 Å². The molecule has 1 atom stereocenters. The highest BCUT2D eigenvalue weighted by Crippen LogP contribution is 2.31. The average Bonchev–Trinajstić information content (AvgIpc) is 2.47. The van der Waals surface area contributed by atoms with Crippen molar-refractivity contribution in [3.63, 3.8) is 0 Å². The molecule has 0 fully saturated rings. The number of carbonyl (C=O) groups excluding carboxylic acids is 1. The van der Waals surface area contributed by atoms with Gasteiger partial charge in [-0.3, -0.25) is 4.79 Å². The number of hydrogen-bond acceptors (Lipinski definition) is 3. The Kier molecular flexibility index (Phi) is 4.38. The minimum atomic E-state index is -0.516. The number of amides is 1. The molecule has 0 aliphatic heterocycles. The number of ether oxygens (including phenoxy) is 1. The van der Waals surface area contributed by atoms with E-state index in [0.717, 1.165) is 12.0 Å². The summed E-state index contributed by atoms with van der Waals surface area (Å²) in [5, 5.41) is 0. The zero-order valence-electron chi connectivity index (χ0n) is 11.4. The largest absolute Gasteiger partial charge is 0.456 e. The van der Waals surface area contributed by atoms with Gasteiger partial charge in [-0.2, -0.15) is 0 Å². The van der Waals surface area contributed by atoms with Crippen LogP contribution in [0.25, 0.3) is 0 Å². The van der Waals surface area contributed by atoms with Gasteiger partial charge in [-0.1, -0.05) is 37.3 Å². The van der Waals surface area contributed by atoms with Crippen LogP contribution in [0.5, 0.6) is 11.5 Å². The summed E-state index contributed by atoms with van der Waals surface area (Å²) in [4.78, 5) is 11.4. The summed E-state index contributed by atoms with van der Waals surface area (Å²) in [7, 11) is 0. The van der Waals surface area contributed by atoms with Crippen molar-refractivity contribution >= 4 is 5.91 Å². The van der Waals surface area contributed by atoms with Gasteiger partial charge in [0.15, 0.2) is 0 Å². The van der Waals surface area contributed by atoms with E-state index in [4.69, 9.17) is 16.2 Å². The van der Waals surface area contributed by atoms with Gasteiger partial charge in [0.1, 0.15) is 11.5 Å².